The van der Waals surface area contributed by atoms with Gasteiger partial charge in [-0.3, -0.25) is 4.79 Å². The molecule has 2 aromatic rings. The van der Waals surface area contributed by atoms with Gasteiger partial charge < -0.3 is 24.3 Å². The first-order valence-electron chi connectivity index (χ1n) is 7.11. The van der Waals surface area contributed by atoms with Crippen LogP contribution in [0.3, 0.4) is 0 Å². The van der Waals surface area contributed by atoms with Crippen LogP contribution in [0.25, 0.3) is 0 Å². The average Bonchev–Trinajstić information content (AvgIpc) is 2.87. The van der Waals surface area contributed by atoms with Crippen LogP contribution < -0.4 is 24.3 Å². The maximum atomic E-state index is 13.0. The number of anilines is 1. The fraction of sp³-hybridized carbons (Fsp3) is 0.188. The van der Waals surface area contributed by atoms with Crippen molar-refractivity contribution in [1.82, 2.24) is 0 Å². The monoisotopic (exact) mass is 373 g/mol. The van der Waals surface area contributed by atoms with Crippen LogP contribution in [0.4, 0.5) is 23.2 Å². The smallest absolute Gasteiger partial charge is 0.493 e. The summed E-state index contributed by atoms with van der Waals surface area (Å²) in [7, 11) is 1.26. The third-order valence-electron chi connectivity index (χ3n) is 3.30. The molecule has 3 rings (SSSR count). The van der Waals surface area contributed by atoms with Crippen LogP contribution in [0.15, 0.2) is 36.4 Å². The highest BCUT2D eigenvalue weighted by Gasteiger charge is 2.43. The summed E-state index contributed by atoms with van der Waals surface area (Å²) in [6, 6.07) is 7.35. The molecule has 0 aromatic heterocycles. The molecule has 0 unspecified atom stereocenters. The summed E-state index contributed by atoms with van der Waals surface area (Å²) in [5.41, 5.74) is 0.131. The van der Waals surface area contributed by atoms with Crippen molar-refractivity contribution < 1.29 is 41.3 Å². The van der Waals surface area contributed by atoms with Crippen LogP contribution in [0.1, 0.15) is 10.4 Å². The molecule has 10 heteroatoms. The summed E-state index contributed by atoms with van der Waals surface area (Å²) in [6.07, 6.45) is -3.78. The van der Waals surface area contributed by atoms with Gasteiger partial charge in [0.2, 0.25) is 0 Å². The minimum Gasteiger partial charge on any atom is -0.493 e. The number of ether oxygens (including phenoxy) is 4. The number of alkyl halides is 4. The van der Waals surface area contributed by atoms with Gasteiger partial charge in [0.15, 0.2) is 23.0 Å². The summed E-state index contributed by atoms with van der Waals surface area (Å²) >= 11 is 0. The molecular weight excluding hydrogens is 362 g/mol. The normalized spacial score (nSPS) is 14.2. The minimum atomic E-state index is -3.78. The molecule has 26 heavy (non-hydrogen) atoms. The largest absolute Gasteiger partial charge is 0.586 e. The molecule has 0 bridgehead atoms. The third kappa shape index (κ3) is 3.73. The van der Waals surface area contributed by atoms with E-state index in [9.17, 15) is 22.4 Å². The second-order valence-electron chi connectivity index (χ2n) is 5.03. The third-order valence-corrected chi connectivity index (χ3v) is 3.30. The number of carbonyl (C=O) groups is 1. The van der Waals surface area contributed by atoms with Crippen LogP contribution >= 0.6 is 0 Å². The summed E-state index contributed by atoms with van der Waals surface area (Å²) < 4.78 is 68.6. The Morgan fingerprint density at radius 1 is 1.08 bits per heavy atom. The van der Waals surface area contributed by atoms with Crippen molar-refractivity contribution >= 4 is 11.6 Å². The Kier molecular flexibility index (Phi) is 4.49. The van der Waals surface area contributed by atoms with Crippen molar-refractivity contribution in [2.24, 2.45) is 0 Å². The van der Waals surface area contributed by atoms with E-state index in [-0.39, 0.29) is 34.2 Å². The van der Waals surface area contributed by atoms with Crippen molar-refractivity contribution in [1.29, 1.82) is 0 Å². The van der Waals surface area contributed by atoms with E-state index in [1.54, 1.807) is 0 Å². The summed E-state index contributed by atoms with van der Waals surface area (Å²) in [6.45, 7) is -3.10. The molecular formula is C16H11F4NO5. The van der Waals surface area contributed by atoms with Crippen molar-refractivity contribution in [2.45, 2.75) is 12.9 Å². The number of hydrogen-bond donors (Lipinski definition) is 1. The number of fused-ring (bicyclic) bond motifs is 1. The number of amides is 1. The van der Waals surface area contributed by atoms with Crippen molar-refractivity contribution in [3.05, 3.63) is 42.0 Å². The molecule has 1 aliphatic heterocycles. The van der Waals surface area contributed by atoms with E-state index in [1.807, 2.05) is 0 Å². The molecule has 6 nitrogen and oxygen atoms in total. The van der Waals surface area contributed by atoms with E-state index in [4.69, 9.17) is 4.74 Å². The quantitative estimate of drug-likeness (QED) is 0.806. The van der Waals surface area contributed by atoms with Gasteiger partial charge in [-0.05, 0) is 30.3 Å². The lowest BCUT2D eigenvalue weighted by Gasteiger charge is -2.12. The standard InChI is InChI=1S/C16H11F4NO5/c1-23-10-4-2-8(6-12(10)24-15(17)18)14(22)21-9-3-5-11-13(7-9)26-16(19,20)25-11/h2-7,15H,1H3,(H,21,22). The first-order chi connectivity index (χ1) is 12.3. The highest BCUT2D eigenvalue weighted by atomic mass is 19.3. The van der Waals surface area contributed by atoms with E-state index in [0.717, 1.165) is 12.1 Å². The van der Waals surface area contributed by atoms with E-state index in [0.29, 0.717) is 0 Å². The van der Waals surface area contributed by atoms with E-state index in [2.05, 4.69) is 19.5 Å². The van der Waals surface area contributed by atoms with Gasteiger partial charge in [-0.15, -0.1) is 8.78 Å². The molecule has 1 amide bonds. The Bertz CT molecular complexity index is 843. The first-order valence-corrected chi connectivity index (χ1v) is 7.11. The Morgan fingerprint density at radius 2 is 1.81 bits per heavy atom. The van der Waals surface area contributed by atoms with Gasteiger partial charge in [0.1, 0.15) is 0 Å². The van der Waals surface area contributed by atoms with Crippen LogP contribution in [0.2, 0.25) is 0 Å². The van der Waals surface area contributed by atoms with Crippen molar-refractivity contribution in [3.8, 4) is 23.0 Å². The molecule has 0 saturated heterocycles. The van der Waals surface area contributed by atoms with Gasteiger partial charge in [0.05, 0.1) is 7.11 Å². The lowest BCUT2D eigenvalue weighted by atomic mass is 10.1. The SMILES string of the molecule is COc1ccc(C(=O)Nc2ccc3c(c2)OC(F)(F)O3)cc1OC(F)F. The number of halogens is 4. The van der Waals surface area contributed by atoms with Crippen molar-refractivity contribution in [3.63, 3.8) is 0 Å². The molecule has 138 valence electrons. The predicted octanol–water partition coefficient (Wildman–Crippen LogP) is 3.87. The number of carbonyl (C=O) groups excluding carboxylic acids is 1. The molecule has 1 heterocycles. The van der Waals surface area contributed by atoms with E-state index < -0.39 is 18.8 Å². The molecule has 1 aliphatic rings. The highest BCUT2D eigenvalue weighted by molar-refractivity contribution is 6.04. The van der Waals surface area contributed by atoms with Gasteiger partial charge in [-0.2, -0.15) is 8.78 Å². The maximum absolute atomic E-state index is 13.0. The predicted molar refractivity (Wildman–Crippen MR) is 80.2 cm³/mol. The van der Waals surface area contributed by atoms with Crippen LogP contribution in [-0.4, -0.2) is 25.9 Å². The summed E-state index contributed by atoms with van der Waals surface area (Å²) in [5, 5.41) is 2.43. The molecule has 1 N–H and O–H groups in total. The summed E-state index contributed by atoms with van der Waals surface area (Å²) in [5.74, 6) is -1.40. The fourth-order valence-electron chi connectivity index (χ4n) is 2.24. The zero-order valence-corrected chi connectivity index (χ0v) is 13.1. The molecule has 0 aliphatic carbocycles. The van der Waals surface area contributed by atoms with Gasteiger partial charge in [0, 0.05) is 17.3 Å². The fourth-order valence-corrected chi connectivity index (χ4v) is 2.24. The molecule has 0 atom stereocenters. The molecule has 2 aromatic carbocycles. The number of rotatable bonds is 5. The van der Waals surface area contributed by atoms with Gasteiger partial charge >= 0.3 is 12.9 Å². The number of hydrogen-bond acceptors (Lipinski definition) is 5. The topological polar surface area (TPSA) is 66.0 Å². The molecule has 0 radical (unpaired) electrons. The summed E-state index contributed by atoms with van der Waals surface area (Å²) in [4.78, 5) is 12.3. The minimum absolute atomic E-state index is 0.00977. The second-order valence-corrected chi connectivity index (χ2v) is 5.03. The Balaban J connectivity index is 1.79. The zero-order valence-electron chi connectivity index (χ0n) is 13.1. The van der Waals surface area contributed by atoms with E-state index >= 15 is 0 Å². The second kappa shape index (κ2) is 6.62. The highest BCUT2D eigenvalue weighted by Crippen LogP contribution is 2.42. The van der Waals surface area contributed by atoms with Gasteiger partial charge in [0.25, 0.3) is 5.91 Å². The molecule has 0 saturated carbocycles. The molecule has 0 fully saturated rings. The Morgan fingerprint density at radius 3 is 2.50 bits per heavy atom. The number of nitrogens with one attached hydrogen (secondary N) is 1. The zero-order chi connectivity index (χ0) is 18.9. The maximum Gasteiger partial charge on any atom is 0.586 e. The number of methoxy groups -OCH3 is 1. The first kappa shape index (κ1) is 17.6. The van der Waals surface area contributed by atoms with E-state index in [1.165, 1.54) is 31.4 Å². The Hall–Kier alpha value is -3.17. The lowest BCUT2D eigenvalue weighted by Crippen LogP contribution is -2.25. The van der Waals surface area contributed by atoms with Gasteiger partial charge in [-0.25, -0.2) is 0 Å². The Labute approximate surface area is 144 Å². The number of benzene rings is 2. The van der Waals surface area contributed by atoms with Gasteiger partial charge in [-0.1, -0.05) is 0 Å². The van der Waals surface area contributed by atoms with Crippen LogP contribution in [0.5, 0.6) is 23.0 Å². The van der Waals surface area contributed by atoms with Crippen LogP contribution in [0, 0.1) is 0 Å². The van der Waals surface area contributed by atoms with Crippen LogP contribution in [-0.2, 0) is 0 Å². The average molecular weight is 373 g/mol. The van der Waals surface area contributed by atoms with Crippen molar-refractivity contribution in [2.75, 3.05) is 12.4 Å². The lowest BCUT2D eigenvalue weighted by molar-refractivity contribution is -0.286. The molecule has 0 spiro atoms.